The second kappa shape index (κ2) is 13.6. The van der Waals surface area contributed by atoms with E-state index in [2.05, 4.69) is 31.1 Å². The van der Waals surface area contributed by atoms with Crippen LogP contribution in [0.1, 0.15) is 65.2 Å². The fraction of sp³-hybridized carbons (Fsp3) is 0.812. The van der Waals surface area contributed by atoms with E-state index in [9.17, 15) is 4.79 Å². The van der Waals surface area contributed by atoms with Crippen LogP contribution in [0, 0.1) is 0 Å². The number of allylic oxidation sites excluding steroid dienone is 1. The van der Waals surface area contributed by atoms with Crippen LogP contribution in [0.4, 0.5) is 0 Å². The van der Waals surface area contributed by atoms with Gasteiger partial charge in [-0.25, -0.2) is 0 Å². The maximum atomic E-state index is 11.5. The minimum Gasteiger partial charge on any atom is -0.355 e. The number of unbranched alkanes of at least 4 members (excludes halogenated alkanes) is 6. The maximum Gasteiger partial charge on any atom is 0.220 e. The van der Waals surface area contributed by atoms with Gasteiger partial charge in [-0.05, 0) is 19.3 Å². The van der Waals surface area contributed by atoms with E-state index < -0.39 is 0 Å². The molecule has 0 aliphatic rings. The number of amides is 1. The Morgan fingerprint density at radius 1 is 1.05 bits per heavy atom. The fourth-order valence-electron chi connectivity index (χ4n) is 1.93. The van der Waals surface area contributed by atoms with Crippen molar-refractivity contribution in [2.45, 2.75) is 71.3 Å². The second-order valence-corrected chi connectivity index (χ2v) is 5.41. The summed E-state index contributed by atoms with van der Waals surface area (Å²) in [6.07, 6.45) is 11.1. The quantitative estimate of drug-likeness (QED) is 0.397. The molecule has 0 aliphatic heterocycles. The lowest BCUT2D eigenvalue weighted by Gasteiger charge is -2.09. The van der Waals surface area contributed by atoms with E-state index in [0.29, 0.717) is 12.5 Å². The zero-order chi connectivity index (χ0) is 14.3. The summed E-state index contributed by atoms with van der Waals surface area (Å²) in [4.78, 5) is 11.5. The van der Waals surface area contributed by atoms with Crippen molar-refractivity contribution in [1.29, 1.82) is 0 Å². The minimum absolute atomic E-state index is 0.192. The molecule has 0 radical (unpaired) electrons. The first-order valence-electron chi connectivity index (χ1n) is 7.77. The fourth-order valence-corrected chi connectivity index (χ4v) is 1.93. The summed E-state index contributed by atoms with van der Waals surface area (Å²) in [6.45, 7) is 9.52. The Labute approximate surface area is 119 Å². The van der Waals surface area contributed by atoms with Gasteiger partial charge < -0.3 is 10.6 Å². The van der Waals surface area contributed by atoms with Crippen molar-refractivity contribution >= 4 is 5.91 Å². The highest BCUT2D eigenvalue weighted by Gasteiger charge is 2.00. The van der Waals surface area contributed by atoms with Crippen molar-refractivity contribution in [3.63, 3.8) is 0 Å². The molecule has 19 heavy (non-hydrogen) atoms. The molecule has 0 heterocycles. The zero-order valence-electron chi connectivity index (χ0n) is 12.8. The molecule has 0 aliphatic carbocycles. The van der Waals surface area contributed by atoms with E-state index in [1.165, 1.54) is 32.1 Å². The molecule has 0 spiro atoms. The highest BCUT2D eigenvalue weighted by Crippen LogP contribution is 2.08. The van der Waals surface area contributed by atoms with E-state index in [1.807, 2.05) is 6.08 Å². The van der Waals surface area contributed by atoms with Crippen molar-refractivity contribution in [2.75, 3.05) is 13.1 Å². The number of hydrogen-bond acceptors (Lipinski definition) is 2. The van der Waals surface area contributed by atoms with E-state index in [1.54, 1.807) is 0 Å². The summed E-state index contributed by atoms with van der Waals surface area (Å²) in [5.74, 6) is 0.192. The van der Waals surface area contributed by atoms with Crippen molar-refractivity contribution < 1.29 is 4.79 Å². The van der Waals surface area contributed by atoms with E-state index in [4.69, 9.17) is 0 Å². The van der Waals surface area contributed by atoms with Gasteiger partial charge in [0.1, 0.15) is 0 Å². The molecule has 3 nitrogen and oxygen atoms in total. The van der Waals surface area contributed by atoms with Gasteiger partial charge in [-0.3, -0.25) is 4.79 Å². The number of nitrogens with one attached hydrogen (secondary N) is 2. The van der Waals surface area contributed by atoms with Crippen LogP contribution in [0.3, 0.4) is 0 Å². The third kappa shape index (κ3) is 15.1. The highest BCUT2D eigenvalue weighted by atomic mass is 16.1. The van der Waals surface area contributed by atoms with Crippen LogP contribution >= 0.6 is 0 Å². The third-order valence-electron chi connectivity index (χ3n) is 3.06. The Morgan fingerprint density at radius 3 is 2.32 bits per heavy atom. The molecule has 1 amide bonds. The molecule has 0 aromatic carbocycles. The summed E-state index contributed by atoms with van der Waals surface area (Å²) in [7, 11) is 0. The van der Waals surface area contributed by atoms with Gasteiger partial charge in [0.25, 0.3) is 0 Å². The van der Waals surface area contributed by atoms with Crippen LogP contribution in [-0.2, 0) is 4.79 Å². The molecule has 0 aromatic rings. The van der Waals surface area contributed by atoms with Crippen LogP contribution in [0.5, 0.6) is 0 Å². The number of rotatable bonds is 13. The number of hydrogen-bond donors (Lipinski definition) is 2. The zero-order valence-corrected chi connectivity index (χ0v) is 12.8. The molecule has 0 unspecified atom stereocenters. The van der Waals surface area contributed by atoms with Gasteiger partial charge in [0, 0.05) is 25.6 Å². The van der Waals surface area contributed by atoms with Gasteiger partial charge in [0.15, 0.2) is 0 Å². The Morgan fingerprint density at radius 2 is 1.68 bits per heavy atom. The maximum absolute atomic E-state index is 11.5. The predicted molar refractivity (Wildman–Crippen MR) is 83.3 cm³/mol. The van der Waals surface area contributed by atoms with E-state index in [-0.39, 0.29) is 5.91 Å². The van der Waals surface area contributed by atoms with E-state index >= 15 is 0 Å². The average molecular weight is 268 g/mol. The van der Waals surface area contributed by atoms with Gasteiger partial charge in [0.2, 0.25) is 5.91 Å². The minimum atomic E-state index is 0.192. The Bertz CT molecular complexity index is 227. The largest absolute Gasteiger partial charge is 0.355 e. The molecule has 0 saturated heterocycles. The SMILES string of the molecule is C=CCCCCCCCCC(=O)NCCNC(C)C. The Hall–Kier alpha value is -0.830. The van der Waals surface area contributed by atoms with E-state index in [0.717, 1.165) is 25.9 Å². The van der Waals surface area contributed by atoms with Gasteiger partial charge in [-0.2, -0.15) is 0 Å². The van der Waals surface area contributed by atoms with Gasteiger partial charge in [0.05, 0.1) is 0 Å². The van der Waals surface area contributed by atoms with Crippen LogP contribution in [-0.4, -0.2) is 25.0 Å². The number of carbonyl (C=O) groups is 1. The monoisotopic (exact) mass is 268 g/mol. The van der Waals surface area contributed by atoms with Crippen molar-refractivity contribution in [3.05, 3.63) is 12.7 Å². The number of carbonyl (C=O) groups excluding carboxylic acids is 1. The molecular formula is C16H32N2O. The predicted octanol–water partition coefficient (Wildman–Crippen LogP) is 3.41. The van der Waals surface area contributed by atoms with Crippen LogP contribution in [0.2, 0.25) is 0 Å². The smallest absolute Gasteiger partial charge is 0.220 e. The van der Waals surface area contributed by atoms with Crippen molar-refractivity contribution in [2.24, 2.45) is 0 Å². The highest BCUT2D eigenvalue weighted by molar-refractivity contribution is 5.75. The van der Waals surface area contributed by atoms with Crippen molar-refractivity contribution in [3.8, 4) is 0 Å². The first kappa shape index (κ1) is 18.2. The normalized spacial score (nSPS) is 10.7. The molecular weight excluding hydrogens is 236 g/mol. The van der Waals surface area contributed by atoms with Crippen LogP contribution in [0.25, 0.3) is 0 Å². The Kier molecular flexibility index (Phi) is 13.0. The second-order valence-electron chi connectivity index (χ2n) is 5.41. The molecule has 112 valence electrons. The summed E-state index contributed by atoms with van der Waals surface area (Å²) in [6, 6.07) is 0.484. The standard InChI is InChI=1S/C16H32N2O/c1-4-5-6-7-8-9-10-11-12-16(19)18-14-13-17-15(2)3/h4,15,17H,1,5-14H2,2-3H3,(H,18,19). The lowest BCUT2D eigenvalue weighted by molar-refractivity contribution is -0.121. The van der Waals surface area contributed by atoms with Crippen LogP contribution < -0.4 is 10.6 Å². The first-order valence-corrected chi connectivity index (χ1v) is 7.77. The molecule has 0 atom stereocenters. The lowest BCUT2D eigenvalue weighted by atomic mass is 10.1. The Balaban J connectivity index is 3.18. The molecule has 3 heteroatoms. The summed E-state index contributed by atoms with van der Waals surface area (Å²) < 4.78 is 0. The van der Waals surface area contributed by atoms with Gasteiger partial charge >= 0.3 is 0 Å². The third-order valence-corrected chi connectivity index (χ3v) is 3.06. The summed E-state index contributed by atoms with van der Waals surface area (Å²) in [5.41, 5.74) is 0. The molecule has 0 aromatic heterocycles. The van der Waals surface area contributed by atoms with Crippen LogP contribution in [0.15, 0.2) is 12.7 Å². The molecule has 2 N–H and O–H groups in total. The topological polar surface area (TPSA) is 41.1 Å². The van der Waals surface area contributed by atoms with Crippen molar-refractivity contribution in [1.82, 2.24) is 10.6 Å². The first-order chi connectivity index (χ1) is 9.16. The van der Waals surface area contributed by atoms with Gasteiger partial charge in [-0.15, -0.1) is 6.58 Å². The average Bonchev–Trinajstić information content (AvgIpc) is 2.37. The van der Waals surface area contributed by atoms with Gasteiger partial charge in [-0.1, -0.05) is 45.6 Å². The summed E-state index contributed by atoms with van der Waals surface area (Å²) in [5, 5.41) is 6.22. The molecule has 0 saturated carbocycles. The lowest BCUT2D eigenvalue weighted by Crippen LogP contribution is -2.34. The summed E-state index contributed by atoms with van der Waals surface area (Å²) >= 11 is 0. The molecule has 0 bridgehead atoms. The molecule has 0 fully saturated rings. The molecule has 0 rings (SSSR count).